The van der Waals surface area contributed by atoms with Crippen molar-refractivity contribution in [2.45, 2.75) is 19.0 Å². The van der Waals surface area contributed by atoms with Gasteiger partial charge in [0.15, 0.2) is 5.13 Å². The number of fused-ring (bicyclic) bond motifs is 1. The van der Waals surface area contributed by atoms with Crippen molar-refractivity contribution < 1.29 is 0 Å². The van der Waals surface area contributed by atoms with Crippen molar-refractivity contribution in [2.24, 2.45) is 0 Å². The number of nitrogens with zero attached hydrogens (tertiary/aromatic N) is 2. The van der Waals surface area contributed by atoms with Gasteiger partial charge >= 0.3 is 0 Å². The van der Waals surface area contributed by atoms with Crippen LogP contribution in [0.15, 0.2) is 35.2 Å². The summed E-state index contributed by atoms with van der Waals surface area (Å²) in [7, 11) is 0. The molecule has 3 aromatic heterocycles. The summed E-state index contributed by atoms with van der Waals surface area (Å²) in [6.45, 7) is 2.01. The van der Waals surface area contributed by atoms with E-state index in [1.165, 1.54) is 20.2 Å². The van der Waals surface area contributed by atoms with Crippen molar-refractivity contribution >= 4 is 39.1 Å². The Bertz CT molecular complexity index is 729. The molecule has 0 fully saturated rings. The summed E-state index contributed by atoms with van der Waals surface area (Å²) in [5, 5.41) is 5.05. The highest BCUT2D eigenvalue weighted by atomic mass is 32.1. The summed E-state index contributed by atoms with van der Waals surface area (Å²) in [6.07, 6.45) is 3.05. The number of thiazole rings is 1. The van der Waals surface area contributed by atoms with Crippen LogP contribution in [0.25, 0.3) is 0 Å². The Kier molecular flexibility index (Phi) is 3.54. The Hall–Kier alpha value is -1.21. The molecular weight excluding hydrogens is 318 g/mol. The largest absolute Gasteiger partial charge is 0.375 e. The molecule has 0 aromatic carbocycles. The fourth-order valence-corrected chi connectivity index (χ4v) is 5.40. The first kappa shape index (κ1) is 13.5. The maximum Gasteiger partial charge on any atom is 0.180 e. The molecule has 6 heteroatoms. The van der Waals surface area contributed by atoms with Crippen molar-refractivity contribution in [3.8, 4) is 0 Å². The maximum absolute atomic E-state index is 5.77. The Labute approximate surface area is 135 Å². The molecule has 0 amide bonds. The van der Waals surface area contributed by atoms with Gasteiger partial charge < -0.3 is 5.73 Å². The van der Waals surface area contributed by atoms with Gasteiger partial charge in [0, 0.05) is 33.9 Å². The standard InChI is InChI=1S/C15H15N3S3/c16-15-17-8-10(21-15)9-18-5-3-12-11(4-7-20-12)14(18)13-2-1-6-19-13/h1-2,4,6-8,14H,3,5,9H2,(H2,16,17). The Morgan fingerprint density at radius 3 is 3.00 bits per heavy atom. The van der Waals surface area contributed by atoms with E-state index in [4.69, 9.17) is 5.73 Å². The third-order valence-electron chi connectivity index (χ3n) is 3.81. The molecule has 0 aliphatic carbocycles. The first-order valence-corrected chi connectivity index (χ1v) is 9.43. The molecule has 108 valence electrons. The second-order valence-corrected chi connectivity index (χ2v) is 8.23. The number of hydrogen-bond donors (Lipinski definition) is 1. The fraction of sp³-hybridized carbons (Fsp3) is 0.267. The first-order chi connectivity index (χ1) is 10.3. The smallest absolute Gasteiger partial charge is 0.180 e. The Balaban J connectivity index is 1.69. The molecule has 3 nitrogen and oxygen atoms in total. The van der Waals surface area contributed by atoms with E-state index in [9.17, 15) is 0 Å². The lowest BCUT2D eigenvalue weighted by atomic mass is 9.98. The molecule has 4 rings (SSSR count). The van der Waals surface area contributed by atoms with E-state index < -0.39 is 0 Å². The van der Waals surface area contributed by atoms with E-state index in [1.807, 2.05) is 28.9 Å². The van der Waals surface area contributed by atoms with E-state index >= 15 is 0 Å². The summed E-state index contributed by atoms with van der Waals surface area (Å²) < 4.78 is 0. The quantitative estimate of drug-likeness (QED) is 0.788. The first-order valence-electron chi connectivity index (χ1n) is 6.85. The molecule has 0 saturated carbocycles. The molecule has 0 radical (unpaired) electrons. The molecule has 4 heterocycles. The van der Waals surface area contributed by atoms with E-state index in [1.54, 1.807) is 11.3 Å². The average Bonchev–Trinajstić information content (AvgIpc) is 3.20. The Morgan fingerprint density at radius 2 is 2.24 bits per heavy atom. The van der Waals surface area contributed by atoms with Crippen molar-refractivity contribution in [1.82, 2.24) is 9.88 Å². The predicted molar refractivity (Wildman–Crippen MR) is 91.1 cm³/mol. The van der Waals surface area contributed by atoms with Crippen LogP contribution in [0.2, 0.25) is 0 Å². The molecule has 1 aliphatic rings. The maximum atomic E-state index is 5.77. The summed E-state index contributed by atoms with van der Waals surface area (Å²) in [5.74, 6) is 0. The van der Waals surface area contributed by atoms with E-state index in [0.717, 1.165) is 19.5 Å². The average molecular weight is 334 g/mol. The van der Waals surface area contributed by atoms with Gasteiger partial charge in [0.1, 0.15) is 0 Å². The number of anilines is 1. The van der Waals surface area contributed by atoms with Gasteiger partial charge in [-0.3, -0.25) is 4.90 Å². The van der Waals surface area contributed by atoms with Crippen LogP contribution in [-0.4, -0.2) is 16.4 Å². The van der Waals surface area contributed by atoms with Crippen molar-refractivity contribution in [1.29, 1.82) is 0 Å². The summed E-state index contributed by atoms with van der Waals surface area (Å²) >= 11 is 5.32. The number of rotatable bonds is 3. The van der Waals surface area contributed by atoms with Crippen molar-refractivity contribution in [3.05, 3.63) is 55.4 Å². The van der Waals surface area contributed by atoms with Gasteiger partial charge in [-0.15, -0.1) is 34.0 Å². The number of nitrogens with two attached hydrogens (primary N) is 1. The molecule has 1 unspecified atom stereocenters. The van der Waals surface area contributed by atoms with Gasteiger partial charge in [-0.2, -0.15) is 0 Å². The molecule has 1 aliphatic heterocycles. The number of nitrogen functional groups attached to an aromatic ring is 1. The second kappa shape index (κ2) is 5.53. The Morgan fingerprint density at radius 1 is 1.29 bits per heavy atom. The monoisotopic (exact) mass is 333 g/mol. The SMILES string of the molecule is Nc1ncc(CN2CCc3sccc3C2c2cccs2)s1. The van der Waals surface area contributed by atoms with Gasteiger partial charge in [-0.1, -0.05) is 6.07 Å². The van der Waals surface area contributed by atoms with Crippen LogP contribution in [0.1, 0.15) is 26.2 Å². The van der Waals surface area contributed by atoms with Crippen LogP contribution in [0.3, 0.4) is 0 Å². The predicted octanol–water partition coefficient (Wildman–Crippen LogP) is 4.00. The van der Waals surface area contributed by atoms with Crippen LogP contribution in [-0.2, 0) is 13.0 Å². The minimum absolute atomic E-state index is 0.378. The second-order valence-electron chi connectivity index (χ2n) is 5.10. The van der Waals surface area contributed by atoms with Gasteiger partial charge in [0.2, 0.25) is 0 Å². The molecular formula is C15H15N3S3. The van der Waals surface area contributed by atoms with Crippen LogP contribution in [0, 0.1) is 0 Å². The van der Waals surface area contributed by atoms with Crippen LogP contribution in [0.5, 0.6) is 0 Å². The lowest BCUT2D eigenvalue weighted by Gasteiger charge is -2.35. The van der Waals surface area contributed by atoms with Gasteiger partial charge in [0.05, 0.1) is 6.04 Å². The normalized spacial score (nSPS) is 18.8. The molecule has 0 bridgehead atoms. The van der Waals surface area contributed by atoms with Gasteiger partial charge in [-0.05, 0) is 34.9 Å². The highest BCUT2D eigenvalue weighted by Gasteiger charge is 2.30. The highest BCUT2D eigenvalue weighted by molar-refractivity contribution is 7.15. The summed E-state index contributed by atoms with van der Waals surface area (Å²) in [6, 6.07) is 7.06. The third kappa shape index (κ3) is 2.53. The lowest BCUT2D eigenvalue weighted by molar-refractivity contribution is 0.210. The molecule has 21 heavy (non-hydrogen) atoms. The van der Waals surface area contributed by atoms with Crippen molar-refractivity contribution in [3.63, 3.8) is 0 Å². The number of thiophene rings is 2. The summed E-state index contributed by atoms with van der Waals surface area (Å²) in [4.78, 5) is 10.9. The molecule has 2 N–H and O–H groups in total. The molecule has 0 spiro atoms. The zero-order chi connectivity index (χ0) is 14.2. The number of aromatic nitrogens is 1. The van der Waals surface area contributed by atoms with E-state index in [-0.39, 0.29) is 0 Å². The zero-order valence-corrected chi connectivity index (χ0v) is 13.8. The van der Waals surface area contributed by atoms with Gasteiger partial charge in [-0.25, -0.2) is 4.98 Å². The van der Waals surface area contributed by atoms with Gasteiger partial charge in [0.25, 0.3) is 0 Å². The van der Waals surface area contributed by atoms with Crippen LogP contribution >= 0.6 is 34.0 Å². The zero-order valence-electron chi connectivity index (χ0n) is 11.4. The fourth-order valence-electron chi connectivity index (χ4n) is 2.91. The highest BCUT2D eigenvalue weighted by Crippen LogP contribution is 2.40. The summed E-state index contributed by atoms with van der Waals surface area (Å²) in [5.41, 5.74) is 7.24. The lowest BCUT2D eigenvalue weighted by Crippen LogP contribution is -2.34. The topological polar surface area (TPSA) is 42.1 Å². The number of hydrogen-bond acceptors (Lipinski definition) is 6. The third-order valence-corrected chi connectivity index (χ3v) is 6.54. The molecule has 3 aromatic rings. The van der Waals surface area contributed by atoms with E-state index in [2.05, 4.69) is 38.8 Å². The van der Waals surface area contributed by atoms with Crippen molar-refractivity contribution in [2.75, 3.05) is 12.3 Å². The van der Waals surface area contributed by atoms with Crippen LogP contribution < -0.4 is 5.73 Å². The molecule has 0 saturated heterocycles. The minimum atomic E-state index is 0.378. The van der Waals surface area contributed by atoms with E-state index in [0.29, 0.717) is 11.2 Å². The van der Waals surface area contributed by atoms with Crippen LogP contribution in [0.4, 0.5) is 5.13 Å². The minimum Gasteiger partial charge on any atom is -0.375 e. The molecule has 1 atom stereocenters.